The minimum absolute atomic E-state index is 0.0814. The van der Waals surface area contributed by atoms with Crippen molar-refractivity contribution in [1.82, 2.24) is 4.98 Å². The van der Waals surface area contributed by atoms with Crippen molar-refractivity contribution >= 4 is 22.5 Å². The summed E-state index contributed by atoms with van der Waals surface area (Å²) in [6.45, 7) is 2.31. The molecule has 0 saturated heterocycles. The highest BCUT2D eigenvalue weighted by Crippen LogP contribution is 2.33. The van der Waals surface area contributed by atoms with Crippen LogP contribution in [0.15, 0.2) is 66.7 Å². The minimum atomic E-state index is 0.0814. The number of phenolic OH excluding ortho intramolecular Hbond substituents is 1. The number of aryl methyl sites for hydroxylation is 1. The molecule has 0 unspecified atom stereocenters. The van der Waals surface area contributed by atoms with Crippen molar-refractivity contribution in [2.24, 2.45) is 0 Å². The van der Waals surface area contributed by atoms with E-state index >= 15 is 0 Å². The summed E-state index contributed by atoms with van der Waals surface area (Å²) < 4.78 is 11.2. The van der Waals surface area contributed by atoms with E-state index < -0.39 is 0 Å². The van der Waals surface area contributed by atoms with Crippen LogP contribution in [0.2, 0.25) is 5.02 Å². The number of hydrogen-bond donors (Lipinski definition) is 1. The van der Waals surface area contributed by atoms with Gasteiger partial charge in [0.25, 0.3) is 0 Å². The van der Waals surface area contributed by atoms with Crippen LogP contribution in [-0.2, 0) is 6.61 Å². The van der Waals surface area contributed by atoms with Gasteiger partial charge in [-0.25, -0.2) is 4.98 Å². The Balaban J connectivity index is 1.79. The first-order valence-electron chi connectivity index (χ1n) is 9.20. The van der Waals surface area contributed by atoms with Crippen LogP contribution in [0.3, 0.4) is 0 Å². The van der Waals surface area contributed by atoms with E-state index in [1.807, 2.05) is 49.4 Å². The summed E-state index contributed by atoms with van der Waals surface area (Å²) in [4.78, 5) is 4.93. The fraction of sp³-hybridized carbons (Fsp3) is 0.125. The van der Waals surface area contributed by atoms with E-state index in [0.29, 0.717) is 16.5 Å². The molecule has 0 amide bonds. The molecule has 0 fully saturated rings. The topological polar surface area (TPSA) is 51.6 Å². The molecule has 4 nitrogen and oxygen atoms in total. The van der Waals surface area contributed by atoms with Crippen molar-refractivity contribution in [3.63, 3.8) is 0 Å². The molecular weight excluding hydrogens is 386 g/mol. The van der Waals surface area contributed by atoms with Crippen molar-refractivity contribution in [2.45, 2.75) is 13.5 Å². The Morgan fingerprint density at radius 1 is 0.966 bits per heavy atom. The molecule has 0 saturated carbocycles. The number of pyridine rings is 1. The zero-order valence-electron chi connectivity index (χ0n) is 16.1. The average Bonchev–Trinajstić information content (AvgIpc) is 2.72. The van der Waals surface area contributed by atoms with Crippen LogP contribution in [0.4, 0.5) is 0 Å². The molecule has 0 aliphatic rings. The van der Waals surface area contributed by atoms with Gasteiger partial charge in [0, 0.05) is 39.7 Å². The molecule has 0 aliphatic carbocycles. The van der Waals surface area contributed by atoms with Gasteiger partial charge in [0.1, 0.15) is 23.9 Å². The minimum Gasteiger partial charge on any atom is -0.508 e. The first kappa shape index (κ1) is 19.1. The first-order valence-corrected chi connectivity index (χ1v) is 9.58. The number of aromatic hydroxyl groups is 1. The van der Waals surface area contributed by atoms with Crippen molar-refractivity contribution in [3.05, 3.63) is 82.9 Å². The molecule has 4 rings (SSSR count). The Bertz CT molecular complexity index is 1190. The smallest absolute Gasteiger partial charge is 0.127 e. The molecule has 4 aromatic rings. The van der Waals surface area contributed by atoms with Gasteiger partial charge in [0.15, 0.2) is 0 Å². The molecule has 5 heteroatoms. The number of halogens is 1. The molecule has 0 radical (unpaired) electrons. The maximum absolute atomic E-state index is 9.87. The molecule has 1 N–H and O–H groups in total. The third-order valence-corrected chi connectivity index (χ3v) is 5.08. The van der Waals surface area contributed by atoms with E-state index in [4.69, 9.17) is 26.1 Å². The maximum atomic E-state index is 9.87. The quantitative estimate of drug-likeness (QED) is 0.432. The molecule has 0 spiro atoms. The average molecular weight is 406 g/mol. The molecule has 1 heterocycles. The van der Waals surface area contributed by atoms with Crippen molar-refractivity contribution in [1.29, 1.82) is 0 Å². The van der Waals surface area contributed by atoms with Gasteiger partial charge < -0.3 is 14.6 Å². The zero-order valence-corrected chi connectivity index (χ0v) is 16.9. The number of rotatable bonds is 5. The van der Waals surface area contributed by atoms with Crippen molar-refractivity contribution < 1.29 is 14.6 Å². The number of para-hydroxylation sites is 1. The van der Waals surface area contributed by atoms with Gasteiger partial charge in [-0.05, 0) is 24.6 Å². The zero-order chi connectivity index (χ0) is 20.4. The number of nitrogens with zero attached hydrogens (tertiary/aromatic N) is 1. The highest BCUT2D eigenvalue weighted by atomic mass is 35.5. The van der Waals surface area contributed by atoms with Crippen LogP contribution < -0.4 is 9.47 Å². The number of benzene rings is 3. The largest absolute Gasteiger partial charge is 0.508 e. The molecule has 0 bridgehead atoms. The summed E-state index contributed by atoms with van der Waals surface area (Å²) in [6, 6.07) is 20.6. The Hall–Kier alpha value is -3.24. The highest BCUT2D eigenvalue weighted by molar-refractivity contribution is 6.33. The number of phenols is 1. The summed E-state index contributed by atoms with van der Waals surface area (Å²) >= 11 is 6.47. The summed E-state index contributed by atoms with van der Waals surface area (Å²) in [5.41, 5.74) is 4.57. The van der Waals surface area contributed by atoms with E-state index in [9.17, 15) is 5.11 Å². The number of aromatic nitrogens is 1. The monoisotopic (exact) mass is 405 g/mol. The Morgan fingerprint density at radius 2 is 1.76 bits per heavy atom. The molecule has 0 aliphatic heterocycles. The summed E-state index contributed by atoms with van der Waals surface area (Å²) in [6.07, 6.45) is 0. The van der Waals surface area contributed by atoms with E-state index in [2.05, 4.69) is 6.07 Å². The van der Waals surface area contributed by atoms with E-state index in [-0.39, 0.29) is 12.4 Å². The van der Waals surface area contributed by atoms with E-state index in [1.54, 1.807) is 19.2 Å². The van der Waals surface area contributed by atoms with Gasteiger partial charge in [-0.2, -0.15) is 0 Å². The van der Waals surface area contributed by atoms with Gasteiger partial charge >= 0.3 is 0 Å². The normalized spacial score (nSPS) is 10.9. The second-order valence-electron chi connectivity index (χ2n) is 6.78. The Labute approximate surface area is 174 Å². The molecule has 29 heavy (non-hydrogen) atoms. The van der Waals surface area contributed by atoms with E-state index in [0.717, 1.165) is 33.3 Å². The SMILES string of the molecule is COc1cc(O)cc(OCc2cc3cccc(C)c3nc2-c2ccccc2Cl)c1. The second-order valence-corrected chi connectivity index (χ2v) is 7.19. The van der Waals surface area contributed by atoms with Crippen LogP contribution in [0, 0.1) is 6.92 Å². The van der Waals surface area contributed by atoms with Crippen LogP contribution in [0.25, 0.3) is 22.2 Å². The fourth-order valence-corrected chi connectivity index (χ4v) is 3.53. The highest BCUT2D eigenvalue weighted by Gasteiger charge is 2.14. The van der Waals surface area contributed by atoms with Gasteiger partial charge in [0.05, 0.1) is 18.3 Å². The standard InChI is InChI=1S/C24H20ClNO3/c1-15-6-5-7-16-10-17(14-29-20-12-18(27)11-19(13-20)28-2)24(26-23(15)16)21-8-3-4-9-22(21)25/h3-13,27H,14H2,1-2H3. The molecule has 1 aromatic heterocycles. The van der Waals surface area contributed by atoms with Gasteiger partial charge in [0.2, 0.25) is 0 Å². The van der Waals surface area contributed by atoms with E-state index in [1.165, 1.54) is 6.07 Å². The van der Waals surface area contributed by atoms with Crippen LogP contribution in [0.1, 0.15) is 11.1 Å². The predicted molar refractivity (Wildman–Crippen MR) is 116 cm³/mol. The lowest BCUT2D eigenvalue weighted by molar-refractivity contribution is 0.301. The third kappa shape index (κ3) is 3.98. The Morgan fingerprint density at radius 3 is 2.55 bits per heavy atom. The summed E-state index contributed by atoms with van der Waals surface area (Å²) in [5, 5.41) is 11.5. The fourth-order valence-electron chi connectivity index (χ4n) is 3.31. The van der Waals surface area contributed by atoms with Crippen LogP contribution >= 0.6 is 11.6 Å². The third-order valence-electron chi connectivity index (χ3n) is 4.75. The maximum Gasteiger partial charge on any atom is 0.127 e. The second kappa shape index (κ2) is 8.02. The number of hydrogen-bond acceptors (Lipinski definition) is 4. The molecule has 146 valence electrons. The molecule has 0 atom stereocenters. The molecule has 3 aromatic carbocycles. The lowest BCUT2D eigenvalue weighted by Crippen LogP contribution is -2.02. The van der Waals surface area contributed by atoms with Crippen LogP contribution in [0.5, 0.6) is 17.2 Å². The lowest BCUT2D eigenvalue weighted by Gasteiger charge is -2.15. The number of methoxy groups -OCH3 is 1. The molecular formula is C24H20ClNO3. The number of fused-ring (bicyclic) bond motifs is 1. The predicted octanol–water partition coefficient (Wildman–Crippen LogP) is 6.16. The van der Waals surface area contributed by atoms with Crippen molar-refractivity contribution in [3.8, 4) is 28.5 Å². The van der Waals surface area contributed by atoms with Crippen LogP contribution in [-0.4, -0.2) is 17.2 Å². The number of ether oxygens (including phenoxy) is 2. The Kier molecular flexibility index (Phi) is 5.28. The van der Waals surface area contributed by atoms with Gasteiger partial charge in [-0.3, -0.25) is 0 Å². The first-order chi connectivity index (χ1) is 14.0. The lowest BCUT2D eigenvalue weighted by atomic mass is 10.0. The van der Waals surface area contributed by atoms with Crippen molar-refractivity contribution in [2.75, 3.05) is 7.11 Å². The summed E-state index contributed by atoms with van der Waals surface area (Å²) in [7, 11) is 1.55. The van der Waals surface area contributed by atoms with Gasteiger partial charge in [-0.15, -0.1) is 0 Å². The van der Waals surface area contributed by atoms with Gasteiger partial charge in [-0.1, -0.05) is 48.0 Å². The summed E-state index contributed by atoms with van der Waals surface area (Å²) in [5.74, 6) is 1.12.